The number of aromatic amines is 1. The van der Waals surface area contributed by atoms with Gasteiger partial charge in [0.05, 0.1) is 17.6 Å². The lowest BCUT2D eigenvalue weighted by Crippen LogP contribution is -2.50. The van der Waals surface area contributed by atoms with Crippen molar-refractivity contribution in [1.29, 1.82) is 0 Å². The van der Waals surface area contributed by atoms with Crippen LogP contribution in [-0.4, -0.2) is 66.4 Å². The van der Waals surface area contributed by atoms with E-state index in [2.05, 4.69) is 56.6 Å². The van der Waals surface area contributed by atoms with Crippen molar-refractivity contribution in [3.63, 3.8) is 0 Å². The van der Waals surface area contributed by atoms with E-state index < -0.39 is 10.0 Å². The van der Waals surface area contributed by atoms with Gasteiger partial charge in [-0.1, -0.05) is 35.9 Å². The predicted molar refractivity (Wildman–Crippen MR) is 122 cm³/mol. The number of H-pyrrole nitrogens is 1. The summed E-state index contributed by atoms with van der Waals surface area (Å²) < 4.78 is 27.1. The molecule has 3 aromatic rings. The van der Waals surface area contributed by atoms with E-state index in [4.69, 9.17) is 0 Å². The molecule has 164 valence electrons. The number of piperazine rings is 1. The standard InChI is InChI=1S/C22H28N6O2S/c1-18-5-7-19(8-6-18)22-20(17-25-26-22)16-23-10-15-31(29,30)28-13-11-27(12-14-28)21-4-2-3-9-24-21/h2-9,17,23H,10-16H2,1H3,(H,25,26). The Bertz CT molecular complexity index is 1070. The molecule has 0 atom stereocenters. The fraction of sp³-hybridized carbons (Fsp3) is 0.364. The van der Waals surface area contributed by atoms with Crippen LogP contribution in [0.25, 0.3) is 11.3 Å². The van der Waals surface area contributed by atoms with Gasteiger partial charge in [0.15, 0.2) is 0 Å². The first kappa shape index (κ1) is 21.5. The van der Waals surface area contributed by atoms with E-state index in [-0.39, 0.29) is 5.75 Å². The Morgan fingerprint density at radius 1 is 1.06 bits per heavy atom. The Labute approximate surface area is 183 Å². The molecule has 3 heterocycles. The molecule has 0 aliphatic carbocycles. The summed E-state index contributed by atoms with van der Waals surface area (Å²) >= 11 is 0. The average molecular weight is 441 g/mol. The van der Waals surface area contributed by atoms with Crippen LogP contribution in [0, 0.1) is 6.92 Å². The maximum atomic E-state index is 12.7. The van der Waals surface area contributed by atoms with E-state index >= 15 is 0 Å². The number of benzene rings is 1. The molecule has 1 fully saturated rings. The largest absolute Gasteiger partial charge is 0.354 e. The SMILES string of the molecule is Cc1ccc(-c2[nH]ncc2CNCCS(=O)(=O)N2CCN(c3ccccn3)CC2)cc1. The molecule has 1 saturated heterocycles. The Kier molecular flexibility index (Phi) is 6.64. The summed E-state index contributed by atoms with van der Waals surface area (Å²) in [4.78, 5) is 6.47. The third-order valence-electron chi connectivity index (χ3n) is 5.52. The molecule has 9 heteroatoms. The summed E-state index contributed by atoms with van der Waals surface area (Å²) in [6.07, 6.45) is 3.54. The summed E-state index contributed by atoms with van der Waals surface area (Å²) in [6.45, 7) is 5.27. The monoisotopic (exact) mass is 440 g/mol. The lowest BCUT2D eigenvalue weighted by atomic mass is 10.1. The van der Waals surface area contributed by atoms with E-state index in [1.165, 1.54) is 5.56 Å². The van der Waals surface area contributed by atoms with Crippen LogP contribution < -0.4 is 10.2 Å². The summed E-state index contributed by atoms with van der Waals surface area (Å²) in [6, 6.07) is 14.0. The van der Waals surface area contributed by atoms with Crippen molar-refractivity contribution in [2.75, 3.05) is 43.4 Å². The molecule has 2 aromatic heterocycles. The number of aryl methyl sites for hydroxylation is 1. The number of hydrogen-bond donors (Lipinski definition) is 2. The second kappa shape index (κ2) is 9.59. The van der Waals surface area contributed by atoms with E-state index in [9.17, 15) is 8.42 Å². The highest BCUT2D eigenvalue weighted by Crippen LogP contribution is 2.21. The van der Waals surface area contributed by atoms with E-state index in [1.54, 1.807) is 16.7 Å². The van der Waals surface area contributed by atoms with Gasteiger partial charge in [-0.05, 0) is 24.6 Å². The second-order valence-corrected chi connectivity index (χ2v) is 9.79. The van der Waals surface area contributed by atoms with Gasteiger partial charge in [0, 0.05) is 51.0 Å². The third-order valence-corrected chi connectivity index (χ3v) is 7.39. The van der Waals surface area contributed by atoms with Gasteiger partial charge in [0.2, 0.25) is 10.0 Å². The van der Waals surface area contributed by atoms with Crippen molar-refractivity contribution in [1.82, 2.24) is 24.8 Å². The Hall–Kier alpha value is -2.75. The molecular weight excluding hydrogens is 412 g/mol. The first-order chi connectivity index (χ1) is 15.0. The fourth-order valence-corrected chi connectivity index (χ4v) is 5.08. The number of sulfonamides is 1. The van der Waals surface area contributed by atoms with Gasteiger partial charge in [-0.15, -0.1) is 0 Å². The van der Waals surface area contributed by atoms with Gasteiger partial charge < -0.3 is 10.2 Å². The molecule has 0 bridgehead atoms. The maximum absolute atomic E-state index is 12.7. The van der Waals surface area contributed by atoms with Crippen molar-refractivity contribution in [2.45, 2.75) is 13.5 Å². The molecule has 1 aromatic carbocycles. The highest BCUT2D eigenvalue weighted by Gasteiger charge is 2.27. The molecule has 8 nitrogen and oxygen atoms in total. The van der Waals surface area contributed by atoms with Gasteiger partial charge >= 0.3 is 0 Å². The van der Waals surface area contributed by atoms with Crippen molar-refractivity contribution >= 4 is 15.8 Å². The maximum Gasteiger partial charge on any atom is 0.215 e. The van der Waals surface area contributed by atoms with Crippen LogP contribution in [0.3, 0.4) is 0 Å². The number of nitrogens with zero attached hydrogens (tertiary/aromatic N) is 4. The quantitative estimate of drug-likeness (QED) is 0.521. The van der Waals surface area contributed by atoms with Gasteiger partial charge in [0.1, 0.15) is 5.82 Å². The number of pyridine rings is 1. The lowest BCUT2D eigenvalue weighted by Gasteiger charge is -2.34. The van der Waals surface area contributed by atoms with Crippen LogP contribution in [0.2, 0.25) is 0 Å². The normalized spacial score (nSPS) is 15.3. The van der Waals surface area contributed by atoms with Crippen LogP contribution in [-0.2, 0) is 16.6 Å². The number of aromatic nitrogens is 3. The molecule has 0 amide bonds. The molecular formula is C22H28N6O2S. The van der Waals surface area contributed by atoms with E-state index in [0.717, 1.165) is 22.6 Å². The van der Waals surface area contributed by atoms with Gasteiger partial charge in [-0.3, -0.25) is 5.10 Å². The van der Waals surface area contributed by atoms with Gasteiger partial charge in [-0.25, -0.2) is 13.4 Å². The van der Waals surface area contributed by atoms with Gasteiger partial charge in [-0.2, -0.15) is 9.40 Å². The van der Waals surface area contributed by atoms with Crippen LogP contribution in [0.4, 0.5) is 5.82 Å². The van der Waals surface area contributed by atoms with Crippen molar-refractivity contribution in [3.05, 3.63) is 66.0 Å². The first-order valence-electron chi connectivity index (χ1n) is 10.5. The lowest BCUT2D eigenvalue weighted by molar-refractivity contribution is 0.383. The Balaban J connectivity index is 1.26. The number of rotatable bonds is 8. The van der Waals surface area contributed by atoms with E-state index in [0.29, 0.717) is 39.3 Å². The molecule has 4 rings (SSSR count). The minimum atomic E-state index is -3.30. The zero-order valence-corrected chi connectivity index (χ0v) is 18.5. The summed E-state index contributed by atoms with van der Waals surface area (Å²) in [5.74, 6) is 0.972. The van der Waals surface area contributed by atoms with Crippen LogP contribution in [0.15, 0.2) is 54.9 Å². The average Bonchev–Trinajstić information content (AvgIpc) is 3.26. The number of nitrogens with one attached hydrogen (secondary N) is 2. The second-order valence-electron chi connectivity index (χ2n) is 7.70. The minimum Gasteiger partial charge on any atom is -0.354 e. The molecule has 31 heavy (non-hydrogen) atoms. The van der Waals surface area contributed by atoms with Crippen LogP contribution in [0.5, 0.6) is 0 Å². The van der Waals surface area contributed by atoms with E-state index in [1.807, 2.05) is 18.2 Å². The summed E-state index contributed by atoms with van der Waals surface area (Å²) in [5.41, 5.74) is 4.25. The molecule has 0 unspecified atom stereocenters. The molecule has 0 saturated carbocycles. The molecule has 1 aliphatic heterocycles. The third kappa shape index (κ3) is 5.30. The highest BCUT2D eigenvalue weighted by atomic mass is 32.2. The predicted octanol–water partition coefficient (Wildman–Crippen LogP) is 2.02. The zero-order valence-electron chi connectivity index (χ0n) is 17.7. The zero-order chi connectivity index (χ0) is 21.7. The number of anilines is 1. The smallest absolute Gasteiger partial charge is 0.215 e. The highest BCUT2D eigenvalue weighted by molar-refractivity contribution is 7.89. The Morgan fingerprint density at radius 2 is 1.84 bits per heavy atom. The minimum absolute atomic E-state index is 0.0777. The van der Waals surface area contributed by atoms with Crippen molar-refractivity contribution in [3.8, 4) is 11.3 Å². The van der Waals surface area contributed by atoms with Crippen LogP contribution in [0.1, 0.15) is 11.1 Å². The molecule has 0 radical (unpaired) electrons. The number of hydrogen-bond acceptors (Lipinski definition) is 6. The summed E-state index contributed by atoms with van der Waals surface area (Å²) in [5, 5.41) is 10.4. The fourth-order valence-electron chi connectivity index (χ4n) is 3.70. The van der Waals surface area contributed by atoms with Gasteiger partial charge in [0.25, 0.3) is 0 Å². The molecule has 2 N–H and O–H groups in total. The molecule has 1 aliphatic rings. The first-order valence-corrected chi connectivity index (χ1v) is 12.1. The topological polar surface area (TPSA) is 94.2 Å². The van der Waals surface area contributed by atoms with Crippen molar-refractivity contribution in [2.24, 2.45) is 0 Å². The van der Waals surface area contributed by atoms with Crippen LogP contribution >= 0.6 is 0 Å². The summed E-state index contributed by atoms with van der Waals surface area (Å²) in [7, 11) is -3.30. The Morgan fingerprint density at radius 3 is 2.55 bits per heavy atom. The molecule has 0 spiro atoms. The van der Waals surface area contributed by atoms with Crippen molar-refractivity contribution < 1.29 is 8.42 Å².